The van der Waals surface area contributed by atoms with Crippen molar-refractivity contribution in [1.29, 1.82) is 0 Å². The fourth-order valence-corrected chi connectivity index (χ4v) is 2.75. The largest absolute Gasteiger partial charge is 0.351 e. The number of nitrogens with zero attached hydrogens (tertiary/aromatic N) is 2. The fourth-order valence-electron chi connectivity index (χ4n) is 1.99. The third-order valence-corrected chi connectivity index (χ3v) is 4.53. The van der Waals surface area contributed by atoms with Gasteiger partial charge in [-0.3, -0.25) is 4.79 Å². The molecule has 1 amide bonds. The molecule has 0 unspecified atom stereocenters. The van der Waals surface area contributed by atoms with Crippen LogP contribution in [0.2, 0.25) is 0 Å². The third-order valence-electron chi connectivity index (χ3n) is 3.68. The van der Waals surface area contributed by atoms with Crippen LogP contribution in [0.4, 0.5) is 0 Å². The summed E-state index contributed by atoms with van der Waals surface area (Å²) in [6, 6.07) is 8.05. The minimum Gasteiger partial charge on any atom is -0.351 e. The van der Waals surface area contributed by atoms with Crippen molar-refractivity contribution in [3.8, 4) is 0 Å². The Hall–Kier alpha value is -1.88. The average molecular weight is 315 g/mol. The van der Waals surface area contributed by atoms with Crippen molar-refractivity contribution in [2.24, 2.45) is 0 Å². The van der Waals surface area contributed by atoms with Gasteiger partial charge in [-0.25, -0.2) is 9.97 Å². The first kappa shape index (κ1) is 16.5. The van der Waals surface area contributed by atoms with E-state index < -0.39 is 0 Å². The standard InChI is InChI=1S/C17H21N3OS/c1-11-7-5-6-8-15(11)9-18-16(21)10-22-17-19-13(3)12(2)14(4)20-17/h5-8H,9-10H2,1-4H3,(H,18,21). The van der Waals surface area contributed by atoms with Crippen LogP contribution in [-0.4, -0.2) is 21.6 Å². The molecule has 0 aliphatic heterocycles. The van der Waals surface area contributed by atoms with Gasteiger partial charge >= 0.3 is 0 Å². The predicted octanol–water partition coefficient (Wildman–Crippen LogP) is 3.12. The number of amides is 1. The van der Waals surface area contributed by atoms with Gasteiger partial charge < -0.3 is 5.32 Å². The topological polar surface area (TPSA) is 54.9 Å². The first-order valence-electron chi connectivity index (χ1n) is 7.23. The van der Waals surface area contributed by atoms with Gasteiger partial charge in [0.15, 0.2) is 5.16 Å². The van der Waals surface area contributed by atoms with Gasteiger partial charge in [0.2, 0.25) is 5.91 Å². The Morgan fingerprint density at radius 3 is 2.36 bits per heavy atom. The molecule has 2 aromatic rings. The summed E-state index contributed by atoms with van der Waals surface area (Å²) in [5, 5.41) is 3.59. The van der Waals surface area contributed by atoms with Gasteiger partial charge in [0.1, 0.15) is 0 Å². The van der Waals surface area contributed by atoms with E-state index in [4.69, 9.17) is 0 Å². The Balaban J connectivity index is 1.87. The summed E-state index contributed by atoms with van der Waals surface area (Å²) in [6.07, 6.45) is 0. The van der Waals surface area contributed by atoms with Crippen molar-refractivity contribution >= 4 is 17.7 Å². The molecule has 1 aromatic carbocycles. The Labute approximate surface area is 135 Å². The van der Waals surface area contributed by atoms with Gasteiger partial charge in [-0.05, 0) is 44.4 Å². The number of benzene rings is 1. The molecular weight excluding hydrogens is 294 g/mol. The second kappa shape index (κ2) is 7.40. The van der Waals surface area contributed by atoms with Crippen molar-refractivity contribution < 1.29 is 4.79 Å². The first-order valence-corrected chi connectivity index (χ1v) is 8.21. The number of hydrogen-bond acceptors (Lipinski definition) is 4. The van der Waals surface area contributed by atoms with Crippen molar-refractivity contribution in [3.63, 3.8) is 0 Å². The van der Waals surface area contributed by atoms with Crippen LogP contribution in [0.25, 0.3) is 0 Å². The van der Waals surface area contributed by atoms with E-state index in [0.717, 1.165) is 22.5 Å². The van der Waals surface area contributed by atoms with E-state index in [2.05, 4.69) is 15.3 Å². The van der Waals surface area contributed by atoms with Crippen LogP contribution in [0.15, 0.2) is 29.4 Å². The molecule has 4 nitrogen and oxygen atoms in total. The zero-order chi connectivity index (χ0) is 16.1. The lowest BCUT2D eigenvalue weighted by atomic mass is 10.1. The molecule has 1 N–H and O–H groups in total. The minimum absolute atomic E-state index is 0.00673. The number of carbonyl (C=O) groups is 1. The van der Waals surface area contributed by atoms with E-state index in [1.54, 1.807) is 0 Å². The molecule has 22 heavy (non-hydrogen) atoms. The highest BCUT2D eigenvalue weighted by Gasteiger charge is 2.08. The number of rotatable bonds is 5. The van der Waals surface area contributed by atoms with Gasteiger partial charge in [-0.15, -0.1) is 0 Å². The van der Waals surface area contributed by atoms with Crippen molar-refractivity contribution in [1.82, 2.24) is 15.3 Å². The van der Waals surface area contributed by atoms with Gasteiger partial charge in [-0.2, -0.15) is 0 Å². The average Bonchev–Trinajstić information content (AvgIpc) is 2.49. The van der Waals surface area contributed by atoms with E-state index in [1.165, 1.54) is 17.3 Å². The highest BCUT2D eigenvalue weighted by Crippen LogP contribution is 2.16. The first-order chi connectivity index (χ1) is 10.5. The number of aryl methyl sites for hydroxylation is 3. The Morgan fingerprint density at radius 2 is 1.73 bits per heavy atom. The van der Waals surface area contributed by atoms with Crippen LogP contribution in [0, 0.1) is 27.7 Å². The molecule has 0 aliphatic rings. The number of carbonyl (C=O) groups excluding carboxylic acids is 1. The molecule has 0 atom stereocenters. The molecule has 0 fully saturated rings. The predicted molar refractivity (Wildman–Crippen MR) is 90.0 cm³/mol. The minimum atomic E-state index is -0.00673. The number of hydrogen-bond donors (Lipinski definition) is 1. The molecular formula is C17H21N3OS. The summed E-state index contributed by atoms with van der Waals surface area (Å²) in [6.45, 7) is 8.54. The lowest BCUT2D eigenvalue weighted by molar-refractivity contribution is -0.118. The zero-order valence-electron chi connectivity index (χ0n) is 13.4. The van der Waals surface area contributed by atoms with Crippen molar-refractivity contribution in [2.75, 3.05) is 5.75 Å². The maximum absolute atomic E-state index is 12.0. The molecule has 0 bridgehead atoms. The van der Waals surface area contributed by atoms with Crippen LogP contribution in [0.1, 0.15) is 28.1 Å². The maximum Gasteiger partial charge on any atom is 0.230 e. The SMILES string of the molecule is Cc1ccccc1CNC(=O)CSc1nc(C)c(C)c(C)n1. The normalized spacial score (nSPS) is 10.5. The van der Waals surface area contributed by atoms with E-state index in [0.29, 0.717) is 17.5 Å². The third kappa shape index (κ3) is 4.31. The lowest BCUT2D eigenvalue weighted by Crippen LogP contribution is -2.25. The van der Waals surface area contributed by atoms with Gasteiger partial charge in [0.05, 0.1) is 5.75 Å². The molecule has 116 valence electrons. The van der Waals surface area contributed by atoms with Crippen LogP contribution in [0.5, 0.6) is 0 Å². The molecule has 2 rings (SSSR count). The molecule has 5 heteroatoms. The van der Waals surface area contributed by atoms with Crippen LogP contribution in [0.3, 0.4) is 0 Å². The van der Waals surface area contributed by atoms with E-state index in [-0.39, 0.29) is 5.91 Å². The van der Waals surface area contributed by atoms with Crippen LogP contribution >= 0.6 is 11.8 Å². The summed E-state index contributed by atoms with van der Waals surface area (Å²) in [5.74, 6) is 0.320. The Bertz CT molecular complexity index is 662. The lowest BCUT2D eigenvalue weighted by Gasteiger charge is -2.08. The summed E-state index contributed by atoms with van der Waals surface area (Å²) >= 11 is 1.37. The van der Waals surface area contributed by atoms with Crippen molar-refractivity contribution in [3.05, 3.63) is 52.3 Å². The summed E-state index contributed by atoms with van der Waals surface area (Å²) < 4.78 is 0. The smallest absolute Gasteiger partial charge is 0.230 e. The monoisotopic (exact) mass is 315 g/mol. The van der Waals surface area contributed by atoms with Crippen molar-refractivity contribution in [2.45, 2.75) is 39.4 Å². The zero-order valence-corrected chi connectivity index (χ0v) is 14.3. The highest BCUT2D eigenvalue weighted by atomic mass is 32.2. The molecule has 1 heterocycles. The second-order valence-electron chi connectivity index (χ2n) is 5.29. The Kier molecular flexibility index (Phi) is 5.55. The van der Waals surface area contributed by atoms with Gasteiger partial charge in [0.25, 0.3) is 0 Å². The van der Waals surface area contributed by atoms with E-state index in [1.807, 2.05) is 52.0 Å². The molecule has 0 saturated heterocycles. The summed E-state index contributed by atoms with van der Waals surface area (Å²) in [7, 11) is 0. The van der Waals surface area contributed by atoms with E-state index in [9.17, 15) is 4.79 Å². The van der Waals surface area contributed by atoms with E-state index >= 15 is 0 Å². The summed E-state index contributed by atoms with van der Waals surface area (Å²) in [5.41, 5.74) is 5.36. The molecule has 1 aromatic heterocycles. The molecule has 0 aliphatic carbocycles. The Morgan fingerprint density at radius 1 is 1.09 bits per heavy atom. The molecule has 0 radical (unpaired) electrons. The maximum atomic E-state index is 12.0. The number of aromatic nitrogens is 2. The van der Waals surface area contributed by atoms with Crippen LogP contribution < -0.4 is 5.32 Å². The number of nitrogens with one attached hydrogen (secondary N) is 1. The number of thioether (sulfide) groups is 1. The molecule has 0 saturated carbocycles. The second-order valence-corrected chi connectivity index (χ2v) is 6.24. The fraction of sp³-hybridized carbons (Fsp3) is 0.353. The van der Waals surface area contributed by atoms with Gasteiger partial charge in [-0.1, -0.05) is 36.0 Å². The highest BCUT2D eigenvalue weighted by molar-refractivity contribution is 7.99. The molecule has 0 spiro atoms. The summed E-state index contributed by atoms with van der Waals surface area (Å²) in [4.78, 5) is 20.8. The van der Waals surface area contributed by atoms with Gasteiger partial charge in [0, 0.05) is 17.9 Å². The quantitative estimate of drug-likeness (QED) is 0.680. The van der Waals surface area contributed by atoms with Crippen LogP contribution in [-0.2, 0) is 11.3 Å².